The molecule has 1 fully saturated rings. The van der Waals surface area contributed by atoms with Crippen molar-refractivity contribution < 1.29 is 4.74 Å². The zero-order valence-corrected chi connectivity index (χ0v) is 8.78. The third-order valence-corrected chi connectivity index (χ3v) is 2.61. The van der Waals surface area contributed by atoms with E-state index in [0.29, 0.717) is 11.6 Å². The van der Waals surface area contributed by atoms with Crippen LogP contribution in [0.15, 0.2) is 18.3 Å². The normalized spacial score (nSPS) is 21.2. The molecular formula is C11H17N3O. The second-order valence-corrected chi connectivity index (χ2v) is 3.94. The molecule has 4 nitrogen and oxygen atoms in total. The molecule has 0 aromatic carbocycles. The van der Waals surface area contributed by atoms with Crippen molar-refractivity contribution in [2.75, 3.05) is 30.8 Å². The van der Waals surface area contributed by atoms with E-state index in [1.165, 1.54) is 12.8 Å². The molecule has 2 heterocycles. The van der Waals surface area contributed by atoms with E-state index in [1.54, 1.807) is 6.20 Å². The molecule has 1 aliphatic rings. The minimum absolute atomic E-state index is 0.609. The Labute approximate surface area is 89.8 Å². The lowest BCUT2D eigenvalue weighted by atomic mass is 10.0. The monoisotopic (exact) mass is 207 g/mol. The van der Waals surface area contributed by atoms with Crippen LogP contribution in [0.3, 0.4) is 0 Å². The summed E-state index contributed by atoms with van der Waals surface area (Å²) in [6.45, 7) is 2.70. The van der Waals surface area contributed by atoms with Gasteiger partial charge >= 0.3 is 0 Å². The van der Waals surface area contributed by atoms with Crippen LogP contribution in [0, 0.1) is 5.92 Å². The highest BCUT2D eigenvalue weighted by Gasteiger charge is 2.13. The highest BCUT2D eigenvalue weighted by atomic mass is 16.5. The number of aromatic nitrogens is 1. The zero-order chi connectivity index (χ0) is 10.5. The fourth-order valence-corrected chi connectivity index (χ4v) is 1.73. The van der Waals surface area contributed by atoms with Gasteiger partial charge in [0.1, 0.15) is 5.82 Å². The average molecular weight is 207 g/mol. The Balaban J connectivity index is 1.79. The first-order valence-electron chi connectivity index (χ1n) is 5.38. The van der Waals surface area contributed by atoms with Crippen LogP contribution in [0.1, 0.15) is 12.8 Å². The molecule has 0 amide bonds. The Morgan fingerprint density at radius 2 is 2.47 bits per heavy atom. The number of rotatable bonds is 3. The SMILES string of the molecule is Nc1ccc(NCC2CCCOC2)nc1. The lowest BCUT2D eigenvalue weighted by Gasteiger charge is -2.22. The Morgan fingerprint density at radius 3 is 3.13 bits per heavy atom. The van der Waals surface area contributed by atoms with Gasteiger partial charge in [-0.25, -0.2) is 4.98 Å². The predicted molar refractivity (Wildman–Crippen MR) is 60.7 cm³/mol. The molecule has 0 saturated carbocycles. The molecule has 4 heteroatoms. The molecule has 0 spiro atoms. The zero-order valence-electron chi connectivity index (χ0n) is 8.78. The minimum Gasteiger partial charge on any atom is -0.397 e. The first kappa shape index (κ1) is 10.2. The van der Waals surface area contributed by atoms with Crippen molar-refractivity contribution in [1.29, 1.82) is 0 Å². The van der Waals surface area contributed by atoms with Crippen molar-refractivity contribution in [2.45, 2.75) is 12.8 Å². The van der Waals surface area contributed by atoms with E-state index < -0.39 is 0 Å². The van der Waals surface area contributed by atoms with Gasteiger partial charge in [0.25, 0.3) is 0 Å². The fraction of sp³-hybridized carbons (Fsp3) is 0.545. The largest absolute Gasteiger partial charge is 0.397 e. The summed E-state index contributed by atoms with van der Waals surface area (Å²) in [5.74, 6) is 1.49. The van der Waals surface area contributed by atoms with Crippen LogP contribution in [0.2, 0.25) is 0 Å². The predicted octanol–water partition coefficient (Wildman–Crippen LogP) is 1.50. The summed E-state index contributed by atoms with van der Waals surface area (Å²) in [7, 11) is 0. The maximum absolute atomic E-state index is 5.56. The summed E-state index contributed by atoms with van der Waals surface area (Å²) in [4.78, 5) is 4.19. The molecule has 0 bridgehead atoms. The van der Waals surface area contributed by atoms with E-state index in [4.69, 9.17) is 10.5 Å². The second-order valence-electron chi connectivity index (χ2n) is 3.94. The molecule has 1 aliphatic heterocycles. The molecular weight excluding hydrogens is 190 g/mol. The quantitative estimate of drug-likeness (QED) is 0.788. The number of anilines is 2. The third-order valence-electron chi connectivity index (χ3n) is 2.61. The number of hydrogen-bond donors (Lipinski definition) is 2. The topological polar surface area (TPSA) is 60.2 Å². The van der Waals surface area contributed by atoms with E-state index >= 15 is 0 Å². The van der Waals surface area contributed by atoms with Gasteiger partial charge in [-0.05, 0) is 30.9 Å². The first-order valence-corrected chi connectivity index (χ1v) is 5.38. The van der Waals surface area contributed by atoms with Crippen molar-refractivity contribution in [3.63, 3.8) is 0 Å². The summed E-state index contributed by atoms with van der Waals surface area (Å²) in [6.07, 6.45) is 4.07. The Kier molecular flexibility index (Phi) is 3.40. The van der Waals surface area contributed by atoms with Gasteiger partial charge in [-0.15, -0.1) is 0 Å². The molecule has 0 radical (unpaired) electrons. The number of hydrogen-bond acceptors (Lipinski definition) is 4. The molecule has 1 aromatic heterocycles. The van der Waals surface area contributed by atoms with Crippen molar-refractivity contribution in [2.24, 2.45) is 5.92 Å². The van der Waals surface area contributed by atoms with Gasteiger partial charge in [0.2, 0.25) is 0 Å². The van der Waals surface area contributed by atoms with Crippen LogP contribution in [0.4, 0.5) is 11.5 Å². The van der Waals surface area contributed by atoms with Crippen molar-refractivity contribution in [3.05, 3.63) is 18.3 Å². The molecule has 1 saturated heterocycles. The second kappa shape index (κ2) is 4.98. The smallest absolute Gasteiger partial charge is 0.126 e. The number of nitrogens with two attached hydrogens (primary N) is 1. The summed E-state index contributed by atoms with van der Waals surface area (Å²) in [6, 6.07) is 3.76. The summed E-state index contributed by atoms with van der Waals surface area (Å²) < 4.78 is 5.41. The van der Waals surface area contributed by atoms with Crippen LogP contribution in [0.5, 0.6) is 0 Å². The van der Waals surface area contributed by atoms with Crippen molar-refractivity contribution in [3.8, 4) is 0 Å². The van der Waals surface area contributed by atoms with Crippen LogP contribution >= 0.6 is 0 Å². The van der Waals surface area contributed by atoms with Gasteiger partial charge in [0.05, 0.1) is 18.5 Å². The molecule has 1 unspecified atom stereocenters. The molecule has 1 aromatic rings. The number of nitrogens with one attached hydrogen (secondary N) is 1. The van der Waals surface area contributed by atoms with Crippen molar-refractivity contribution in [1.82, 2.24) is 4.98 Å². The number of pyridine rings is 1. The van der Waals surface area contributed by atoms with Crippen LogP contribution in [-0.2, 0) is 4.74 Å². The van der Waals surface area contributed by atoms with Crippen LogP contribution in [0.25, 0.3) is 0 Å². The third kappa shape index (κ3) is 3.09. The molecule has 0 aliphatic carbocycles. The fourth-order valence-electron chi connectivity index (χ4n) is 1.73. The van der Waals surface area contributed by atoms with E-state index in [9.17, 15) is 0 Å². The van der Waals surface area contributed by atoms with Gasteiger partial charge in [-0.1, -0.05) is 0 Å². The maximum atomic E-state index is 5.56. The number of nitrogen functional groups attached to an aromatic ring is 1. The number of nitrogens with zero attached hydrogens (tertiary/aromatic N) is 1. The molecule has 3 N–H and O–H groups in total. The Morgan fingerprint density at radius 1 is 1.53 bits per heavy atom. The standard InChI is InChI=1S/C11H17N3O/c12-10-3-4-11(14-7-10)13-6-9-2-1-5-15-8-9/h3-4,7,9H,1-2,5-6,8,12H2,(H,13,14). The molecule has 15 heavy (non-hydrogen) atoms. The van der Waals surface area contributed by atoms with E-state index in [-0.39, 0.29) is 0 Å². The lowest BCUT2D eigenvalue weighted by molar-refractivity contribution is 0.0595. The highest BCUT2D eigenvalue weighted by molar-refractivity contribution is 5.43. The van der Waals surface area contributed by atoms with Crippen LogP contribution < -0.4 is 11.1 Å². The molecule has 2 rings (SSSR count). The summed E-state index contributed by atoms with van der Waals surface area (Å²) in [5, 5.41) is 3.29. The van der Waals surface area contributed by atoms with E-state index in [0.717, 1.165) is 25.6 Å². The van der Waals surface area contributed by atoms with Crippen LogP contribution in [-0.4, -0.2) is 24.7 Å². The minimum atomic E-state index is 0.609. The Hall–Kier alpha value is -1.29. The molecule has 1 atom stereocenters. The van der Waals surface area contributed by atoms with E-state index in [2.05, 4.69) is 10.3 Å². The summed E-state index contributed by atoms with van der Waals surface area (Å²) in [5.41, 5.74) is 6.25. The Bertz CT molecular complexity index is 293. The van der Waals surface area contributed by atoms with Gasteiger partial charge in [0, 0.05) is 13.2 Å². The van der Waals surface area contributed by atoms with Gasteiger partial charge in [-0.2, -0.15) is 0 Å². The summed E-state index contributed by atoms with van der Waals surface area (Å²) >= 11 is 0. The first-order chi connectivity index (χ1) is 7.34. The van der Waals surface area contributed by atoms with Gasteiger partial charge in [0.15, 0.2) is 0 Å². The maximum Gasteiger partial charge on any atom is 0.126 e. The van der Waals surface area contributed by atoms with Gasteiger partial charge in [-0.3, -0.25) is 0 Å². The highest BCUT2D eigenvalue weighted by Crippen LogP contribution is 2.14. The van der Waals surface area contributed by atoms with E-state index in [1.807, 2.05) is 12.1 Å². The van der Waals surface area contributed by atoms with Gasteiger partial charge < -0.3 is 15.8 Å². The average Bonchev–Trinajstić information content (AvgIpc) is 2.30. The molecule has 82 valence electrons. The number of ether oxygens (including phenoxy) is 1. The lowest BCUT2D eigenvalue weighted by Crippen LogP contribution is -2.24. The van der Waals surface area contributed by atoms with Crippen molar-refractivity contribution >= 4 is 11.5 Å².